The Morgan fingerprint density at radius 3 is 2.78 bits per heavy atom. The van der Waals surface area contributed by atoms with Crippen LogP contribution in [0.2, 0.25) is 5.02 Å². The number of hydrogen-bond acceptors (Lipinski definition) is 4. The SMILES string of the molecule is CC1=NN(c2ccc(Cl)cc2)C(=O)[C@@]12Cc1ccccc1N1CCOC[C@H]12. The second-order valence-electron chi connectivity index (χ2n) is 7.34. The van der Waals surface area contributed by atoms with E-state index in [1.807, 2.05) is 25.1 Å². The predicted molar refractivity (Wildman–Crippen MR) is 107 cm³/mol. The molecule has 0 saturated carbocycles. The zero-order valence-corrected chi connectivity index (χ0v) is 15.8. The van der Waals surface area contributed by atoms with Gasteiger partial charge < -0.3 is 9.64 Å². The number of amides is 1. The maximum absolute atomic E-state index is 13.7. The minimum Gasteiger partial charge on any atom is -0.377 e. The highest BCUT2D eigenvalue weighted by Crippen LogP contribution is 2.47. The molecule has 0 aromatic heterocycles. The number of halogens is 1. The summed E-state index contributed by atoms with van der Waals surface area (Å²) >= 11 is 6.01. The number of morpholine rings is 1. The maximum Gasteiger partial charge on any atom is 0.261 e. The third-order valence-corrected chi connectivity index (χ3v) is 6.26. The molecule has 5 rings (SSSR count). The quantitative estimate of drug-likeness (QED) is 0.759. The number of fused-ring (bicyclic) bond motifs is 4. The Kier molecular flexibility index (Phi) is 3.78. The van der Waals surface area contributed by atoms with E-state index in [0.29, 0.717) is 24.7 Å². The van der Waals surface area contributed by atoms with E-state index < -0.39 is 5.41 Å². The lowest BCUT2D eigenvalue weighted by molar-refractivity contribution is -0.126. The van der Waals surface area contributed by atoms with Gasteiger partial charge in [0.2, 0.25) is 0 Å². The summed E-state index contributed by atoms with van der Waals surface area (Å²) in [7, 11) is 0. The molecule has 3 aliphatic rings. The number of ether oxygens (including phenoxy) is 1. The minimum atomic E-state index is -0.700. The first kappa shape index (κ1) is 16.8. The van der Waals surface area contributed by atoms with Crippen LogP contribution in [0.15, 0.2) is 53.6 Å². The second-order valence-corrected chi connectivity index (χ2v) is 7.78. The summed E-state index contributed by atoms with van der Waals surface area (Å²) in [5, 5.41) is 6.86. The first-order valence-electron chi connectivity index (χ1n) is 9.19. The van der Waals surface area contributed by atoms with Crippen molar-refractivity contribution in [2.24, 2.45) is 10.5 Å². The van der Waals surface area contributed by atoms with Gasteiger partial charge in [-0.15, -0.1) is 0 Å². The third kappa shape index (κ3) is 2.35. The fraction of sp³-hybridized carbons (Fsp3) is 0.333. The number of hydrazone groups is 1. The molecule has 3 heterocycles. The van der Waals surface area contributed by atoms with Gasteiger partial charge in [0, 0.05) is 17.3 Å². The highest BCUT2D eigenvalue weighted by atomic mass is 35.5. The molecule has 27 heavy (non-hydrogen) atoms. The smallest absolute Gasteiger partial charge is 0.261 e. The first-order valence-corrected chi connectivity index (χ1v) is 9.57. The molecule has 2 aromatic carbocycles. The van der Waals surface area contributed by atoms with Crippen LogP contribution in [-0.2, 0) is 16.0 Å². The zero-order valence-electron chi connectivity index (χ0n) is 15.1. The fourth-order valence-electron chi connectivity index (χ4n) is 4.63. The molecule has 0 aliphatic carbocycles. The summed E-state index contributed by atoms with van der Waals surface area (Å²) in [5.74, 6) is 0.0114. The van der Waals surface area contributed by atoms with Crippen molar-refractivity contribution in [2.75, 3.05) is 29.7 Å². The molecular formula is C21H20ClN3O2. The van der Waals surface area contributed by atoms with Gasteiger partial charge in [0.15, 0.2) is 0 Å². The van der Waals surface area contributed by atoms with Gasteiger partial charge in [0.25, 0.3) is 5.91 Å². The van der Waals surface area contributed by atoms with Crippen LogP contribution in [0.4, 0.5) is 11.4 Å². The number of benzene rings is 2. The Morgan fingerprint density at radius 1 is 1.19 bits per heavy atom. The van der Waals surface area contributed by atoms with Gasteiger partial charge in [0.1, 0.15) is 5.41 Å². The number of hydrogen-bond donors (Lipinski definition) is 0. The van der Waals surface area contributed by atoms with Crippen molar-refractivity contribution < 1.29 is 9.53 Å². The third-order valence-electron chi connectivity index (χ3n) is 6.01. The number of para-hydroxylation sites is 1. The Labute approximate surface area is 163 Å². The van der Waals surface area contributed by atoms with Crippen molar-refractivity contribution in [3.8, 4) is 0 Å². The average Bonchev–Trinajstić information content (AvgIpc) is 2.94. The molecule has 3 aliphatic heterocycles. The van der Waals surface area contributed by atoms with Crippen LogP contribution in [0.25, 0.3) is 0 Å². The van der Waals surface area contributed by atoms with E-state index in [4.69, 9.17) is 16.3 Å². The van der Waals surface area contributed by atoms with Crippen molar-refractivity contribution in [3.05, 3.63) is 59.1 Å². The van der Waals surface area contributed by atoms with E-state index in [-0.39, 0.29) is 11.9 Å². The highest BCUT2D eigenvalue weighted by Gasteiger charge is 2.59. The van der Waals surface area contributed by atoms with Crippen molar-refractivity contribution in [2.45, 2.75) is 19.4 Å². The number of carbonyl (C=O) groups is 1. The molecule has 2 atom stereocenters. The van der Waals surface area contributed by atoms with E-state index >= 15 is 0 Å². The molecule has 1 amide bonds. The van der Waals surface area contributed by atoms with Gasteiger partial charge in [-0.25, -0.2) is 0 Å². The summed E-state index contributed by atoms with van der Waals surface area (Å²) in [5.41, 5.74) is 3.28. The number of carbonyl (C=O) groups excluding carboxylic acids is 1. The van der Waals surface area contributed by atoms with Crippen LogP contribution in [0.3, 0.4) is 0 Å². The van der Waals surface area contributed by atoms with Crippen LogP contribution < -0.4 is 9.91 Å². The topological polar surface area (TPSA) is 45.1 Å². The molecular weight excluding hydrogens is 362 g/mol. The van der Waals surface area contributed by atoms with Gasteiger partial charge in [-0.05, 0) is 49.2 Å². The lowest BCUT2D eigenvalue weighted by Gasteiger charge is -2.50. The summed E-state index contributed by atoms with van der Waals surface area (Å²) in [4.78, 5) is 16.1. The van der Waals surface area contributed by atoms with Crippen LogP contribution in [-0.4, -0.2) is 37.4 Å². The van der Waals surface area contributed by atoms with E-state index in [2.05, 4.69) is 28.2 Å². The highest BCUT2D eigenvalue weighted by molar-refractivity contribution is 6.30. The average molecular weight is 382 g/mol. The molecule has 1 spiro atoms. The first-order chi connectivity index (χ1) is 13.1. The Balaban J connectivity index is 1.62. The Morgan fingerprint density at radius 2 is 1.96 bits per heavy atom. The molecule has 138 valence electrons. The monoisotopic (exact) mass is 381 g/mol. The maximum atomic E-state index is 13.7. The summed E-state index contributed by atoms with van der Waals surface area (Å²) < 4.78 is 5.81. The van der Waals surface area contributed by atoms with Gasteiger partial charge in [-0.3, -0.25) is 4.79 Å². The predicted octanol–water partition coefficient (Wildman–Crippen LogP) is 3.51. The normalized spacial score (nSPS) is 26.8. The Bertz CT molecular complexity index is 943. The Hall–Kier alpha value is -2.37. The lowest BCUT2D eigenvalue weighted by atomic mass is 9.68. The van der Waals surface area contributed by atoms with E-state index in [1.165, 1.54) is 16.3 Å². The molecule has 0 radical (unpaired) electrons. The molecule has 0 unspecified atom stereocenters. The van der Waals surface area contributed by atoms with Crippen LogP contribution in [0.5, 0.6) is 0 Å². The molecule has 2 aromatic rings. The van der Waals surface area contributed by atoms with Gasteiger partial charge in [0.05, 0.1) is 30.7 Å². The van der Waals surface area contributed by atoms with Crippen molar-refractivity contribution in [1.82, 2.24) is 0 Å². The summed E-state index contributed by atoms with van der Waals surface area (Å²) in [6, 6.07) is 15.5. The number of rotatable bonds is 1. The van der Waals surface area contributed by atoms with Crippen molar-refractivity contribution in [1.29, 1.82) is 0 Å². The van der Waals surface area contributed by atoms with Gasteiger partial charge >= 0.3 is 0 Å². The van der Waals surface area contributed by atoms with E-state index in [1.54, 1.807) is 12.1 Å². The number of nitrogens with zero attached hydrogens (tertiary/aromatic N) is 3. The lowest BCUT2D eigenvalue weighted by Crippen LogP contribution is -2.64. The van der Waals surface area contributed by atoms with Crippen molar-refractivity contribution >= 4 is 34.6 Å². The second kappa shape index (κ2) is 6.08. The fourth-order valence-corrected chi connectivity index (χ4v) is 4.76. The van der Waals surface area contributed by atoms with Gasteiger partial charge in [-0.1, -0.05) is 29.8 Å². The molecule has 5 nitrogen and oxygen atoms in total. The summed E-state index contributed by atoms with van der Waals surface area (Å²) in [6.45, 7) is 3.95. The number of anilines is 2. The van der Waals surface area contributed by atoms with Crippen LogP contribution in [0, 0.1) is 5.41 Å². The minimum absolute atomic E-state index is 0.0114. The molecule has 0 N–H and O–H groups in total. The van der Waals surface area contributed by atoms with Crippen LogP contribution >= 0.6 is 11.6 Å². The van der Waals surface area contributed by atoms with E-state index in [9.17, 15) is 4.79 Å². The standard InChI is InChI=1S/C21H20ClN3O2/c1-14-21(20(26)25(23-14)17-8-6-16(22)7-9-17)12-15-4-2-3-5-18(15)24-10-11-27-13-19(21)24/h2-9,19H,10-13H2,1H3/t19-,21-/m0/s1. The van der Waals surface area contributed by atoms with Crippen LogP contribution in [0.1, 0.15) is 12.5 Å². The molecule has 1 fully saturated rings. The van der Waals surface area contributed by atoms with Crippen molar-refractivity contribution in [3.63, 3.8) is 0 Å². The largest absolute Gasteiger partial charge is 0.377 e. The molecule has 6 heteroatoms. The molecule has 1 saturated heterocycles. The molecule has 0 bridgehead atoms. The van der Waals surface area contributed by atoms with E-state index in [0.717, 1.165) is 17.9 Å². The summed E-state index contributed by atoms with van der Waals surface area (Å²) in [6.07, 6.45) is 0.645. The van der Waals surface area contributed by atoms with Gasteiger partial charge in [-0.2, -0.15) is 10.1 Å². The zero-order chi connectivity index (χ0) is 18.6.